The second-order valence-corrected chi connectivity index (χ2v) is 11.8. The first-order valence-electron chi connectivity index (χ1n) is 12.1. The number of para-hydroxylation sites is 1. The van der Waals surface area contributed by atoms with Crippen LogP contribution in [0.15, 0.2) is 82.8 Å². The van der Waals surface area contributed by atoms with Crippen LogP contribution in [0.3, 0.4) is 0 Å². The zero-order valence-electron chi connectivity index (χ0n) is 21.9. The Kier molecular flexibility index (Phi) is 8.49. The SMILES string of the molecule is Cc1ccc(S(=O)(=O)N(CC(=O)N/N=C\c2cc(C)n(-c3ccccc3Cl)c2C)c2ccc(C)c(Cl)c2)cc1. The lowest BCUT2D eigenvalue weighted by Crippen LogP contribution is -2.39. The van der Waals surface area contributed by atoms with E-state index >= 15 is 0 Å². The fourth-order valence-electron chi connectivity index (χ4n) is 4.15. The predicted molar refractivity (Wildman–Crippen MR) is 158 cm³/mol. The number of hydrogen-bond acceptors (Lipinski definition) is 4. The number of hydrogen-bond donors (Lipinski definition) is 1. The van der Waals surface area contributed by atoms with Crippen LogP contribution >= 0.6 is 23.2 Å². The number of hydrazone groups is 1. The molecule has 4 rings (SSSR count). The molecule has 4 aromatic rings. The number of carbonyl (C=O) groups is 1. The standard InChI is InChI=1S/C29H28Cl2N4O3S/c1-19-9-13-25(14-10-19)39(37,38)34(24-12-11-20(2)27(31)16-24)18-29(36)33-32-17-23-15-21(3)35(22(23)4)28-8-6-5-7-26(28)30/h5-17H,18H2,1-4H3,(H,33,36)/b32-17-. The number of nitrogens with one attached hydrogen (secondary N) is 1. The molecule has 1 N–H and O–H groups in total. The minimum absolute atomic E-state index is 0.0631. The first-order chi connectivity index (χ1) is 18.5. The van der Waals surface area contributed by atoms with Gasteiger partial charge in [-0.25, -0.2) is 13.8 Å². The van der Waals surface area contributed by atoms with Crippen molar-refractivity contribution in [2.45, 2.75) is 32.6 Å². The lowest BCUT2D eigenvalue weighted by Gasteiger charge is -2.24. The number of benzene rings is 3. The highest BCUT2D eigenvalue weighted by Crippen LogP contribution is 2.28. The third-order valence-corrected chi connectivity index (χ3v) is 8.81. The van der Waals surface area contributed by atoms with Gasteiger partial charge in [-0.1, -0.05) is 59.1 Å². The smallest absolute Gasteiger partial charge is 0.264 e. The van der Waals surface area contributed by atoms with Crippen LogP contribution in [-0.4, -0.2) is 31.7 Å². The van der Waals surface area contributed by atoms with Crippen LogP contribution < -0.4 is 9.73 Å². The largest absolute Gasteiger partial charge is 0.316 e. The Morgan fingerprint density at radius 1 is 0.949 bits per heavy atom. The minimum atomic E-state index is -4.07. The highest BCUT2D eigenvalue weighted by Gasteiger charge is 2.27. The van der Waals surface area contributed by atoms with E-state index in [0.717, 1.165) is 38.1 Å². The summed E-state index contributed by atoms with van der Waals surface area (Å²) < 4.78 is 30.2. The van der Waals surface area contributed by atoms with Gasteiger partial charge in [0.1, 0.15) is 6.54 Å². The van der Waals surface area contributed by atoms with Gasteiger partial charge in [0.15, 0.2) is 0 Å². The Labute approximate surface area is 238 Å². The Hall–Kier alpha value is -3.59. The summed E-state index contributed by atoms with van der Waals surface area (Å²) in [5, 5.41) is 5.10. The van der Waals surface area contributed by atoms with Gasteiger partial charge in [0.2, 0.25) is 0 Å². The van der Waals surface area contributed by atoms with Crippen LogP contribution in [0.2, 0.25) is 10.0 Å². The van der Waals surface area contributed by atoms with Crippen molar-refractivity contribution in [2.75, 3.05) is 10.8 Å². The maximum atomic E-state index is 13.6. The molecule has 1 aromatic heterocycles. The number of carbonyl (C=O) groups excluding carboxylic acids is 1. The van der Waals surface area contributed by atoms with Crippen LogP contribution in [-0.2, 0) is 14.8 Å². The van der Waals surface area contributed by atoms with Crippen molar-refractivity contribution < 1.29 is 13.2 Å². The molecule has 0 unspecified atom stereocenters. The third-order valence-electron chi connectivity index (χ3n) is 6.30. The number of halogens is 2. The summed E-state index contributed by atoms with van der Waals surface area (Å²) in [7, 11) is -4.07. The first kappa shape index (κ1) is 28.4. The van der Waals surface area contributed by atoms with Gasteiger partial charge >= 0.3 is 0 Å². The molecule has 7 nitrogen and oxygen atoms in total. The number of aryl methyl sites for hydroxylation is 3. The van der Waals surface area contributed by atoms with E-state index in [1.54, 1.807) is 24.3 Å². The number of aromatic nitrogens is 1. The summed E-state index contributed by atoms with van der Waals surface area (Å²) in [6, 6.07) is 20.7. The molecule has 0 aliphatic rings. The van der Waals surface area contributed by atoms with E-state index in [1.807, 2.05) is 62.6 Å². The molecule has 0 spiro atoms. The molecule has 1 heterocycles. The van der Waals surface area contributed by atoms with E-state index in [9.17, 15) is 13.2 Å². The normalized spacial score (nSPS) is 11.6. The fourth-order valence-corrected chi connectivity index (χ4v) is 5.96. The minimum Gasteiger partial charge on any atom is -0.316 e. The lowest BCUT2D eigenvalue weighted by atomic mass is 10.2. The van der Waals surface area contributed by atoms with E-state index in [2.05, 4.69) is 10.5 Å². The van der Waals surface area contributed by atoms with Crippen molar-refractivity contribution in [3.63, 3.8) is 0 Å². The molecule has 0 fully saturated rings. The summed E-state index contributed by atoms with van der Waals surface area (Å²) in [4.78, 5) is 13.0. The van der Waals surface area contributed by atoms with Crippen molar-refractivity contribution in [1.29, 1.82) is 0 Å². The Morgan fingerprint density at radius 2 is 1.64 bits per heavy atom. The van der Waals surface area contributed by atoms with Crippen LogP contribution in [0.5, 0.6) is 0 Å². The van der Waals surface area contributed by atoms with Crippen molar-refractivity contribution in [1.82, 2.24) is 9.99 Å². The maximum absolute atomic E-state index is 13.6. The van der Waals surface area contributed by atoms with Gasteiger partial charge in [-0.2, -0.15) is 5.10 Å². The monoisotopic (exact) mass is 582 g/mol. The molecule has 0 aliphatic carbocycles. The summed E-state index contributed by atoms with van der Waals surface area (Å²) in [5.41, 5.74) is 7.88. The van der Waals surface area contributed by atoms with E-state index in [-0.39, 0.29) is 10.6 Å². The van der Waals surface area contributed by atoms with Crippen LogP contribution in [0.25, 0.3) is 5.69 Å². The molecule has 1 amide bonds. The highest BCUT2D eigenvalue weighted by atomic mass is 35.5. The fraction of sp³-hybridized carbons (Fsp3) is 0.172. The number of rotatable bonds is 8. The summed E-state index contributed by atoms with van der Waals surface area (Å²) in [6.45, 7) is 7.06. The van der Waals surface area contributed by atoms with E-state index in [0.29, 0.717) is 10.0 Å². The summed E-state index contributed by atoms with van der Waals surface area (Å²) >= 11 is 12.7. The van der Waals surface area contributed by atoms with Crippen molar-refractivity contribution in [3.05, 3.63) is 111 Å². The predicted octanol–water partition coefficient (Wildman–Crippen LogP) is 6.36. The highest BCUT2D eigenvalue weighted by molar-refractivity contribution is 7.92. The molecule has 0 saturated carbocycles. The van der Waals surface area contributed by atoms with Gasteiger partial charge in [-0.3, -0.25) is 9.10 Å². The number of sulfonamides is 1. The van der Waals surface area contributed by atoms with Crippen molar-refractivity contribution in [2.24, 2.45) is 5.10 Å². The van der Waals surface area contributed by atoms with Crippen molar-refractivity contribution in [3.8, 4) is 5.69 Å². The molecule has 0 radical (unpaired) electrons. The number of anilines is 1. The number of amides is 1. The topological polar surface area (TPSA) is 83.8 Å². The van der Waals surface area contributed by atoms with Gasteiger partial charge in [-0.15, -0.1) is 0 Å². The van der Waals surface area contributed by atoms with Crippen LogP contribution in [0.1, 0.15) is 28.1 Å². The van der Waals surface area contributed by atoms with E-state index in [1.165, 1.54) is 24.4 Å². The Bertz CT molecular complexity index is 1660. The second-order valence-electron chi connectivity index (χ2n) is 9.16. The van der Waals surface area contributed by atoms with Gasteiger partial charge in [0.05, 0.1) is 27.5 Å². The zero-order chi connectivity index (χ0) is 28.3. The first-order valence-corrected chi connectivity index (χ1v) is 14.3. The van der Waals surface area contributed by atoms with Crippen LogP contribution in [0.4, 0.5) is 5.69 Å². The average molecular weight is 584 g/mol. The van der Waals surface area contributed by atoms with Crippen molar-refractivity contribution >= 4 is 51.0 Å². The van der Waals surface area contributed by atoms with Gasteiger partial charge in [0.25, 0.3) is 15.9 Å². The molecule has 0 aliphatic heterocycles. The molecule has 39 heavy (non-hydrogen) atoms. The Morgan fingerprint density at radius 3 is 2.31 bits per heavy atom. The average Bonchev–Trinajstić information content (AvgIpc) is 3.17. The Balaban J connectivity index is 1.58. The van der Waals surface area contributed by atoms with E-state index < -0.39 is 22.5 Å². The quantitative estimate of drug-likeness (QED) is 0.194. The molecular formula is C29H28Cl2N4O3S. The molecule has 202 valence electrons. The molecular weight excluding hydrogens is 555 g/mol. The summed E-state index contributed by atoms with van der Waals surface area (Å²) in [6.07, 6.45) is 1.52. The summed E-state index contributed by atoms with van der Waals surface area (Å²) in [5.74, 6) is -0.612. The molecule has 3 aromatic carbocycles. The van der Waals surface area contributed by atoms with Gasteiger partial charge in [-0.05, 0) is 75.7 Å². The number of nitrogens with zero attached hydrogens (tertiary/aromatic N) is 3. The van der Waals surface area contributed by atoms with E-state index in [4.69, 9.17) is 23.2 Å². The molecule has 10 heteroatoms. The lowest BCUT2D eigenvalue weighted by molar-refractivity contribution is -0.119. The third kappa shape index (κ3) is 6.19. The molecule has 0 saturated heterocycles. The van der Waals surface area contributed by atoms with Crippen LogP contribution in [0, 0.1) is 27.7 Å². The molecule has 0 atom stereocenters. The molecule has 0 bridgehead atoms. The zero-order valence-corrected chi connectivity index (χ0v) is 24.3. The second kappa shape index (κ2) is 11.7. The van der Waals surface area contributed by atoms with Gasteiger partial charge in [0, 0.05) is 22.0 Å². The maximum Gasteiger partial charge on any atom is 0.264 e. The van der Waals surface area contributed by atoms with Gasteiger partial charge < -0.3 is 4.57 Å².